The van der Waals surface area contributed by atoms with Crippen LogP contribution in [0.25, 0.3) is 33.3 Å². The number of nitrogens with one attached hydrogen (secondary N) is 3. The Morgan fingerprint density at radius 3 is 2.66 bits per heavy atom. The zero-order valence-corrected chi connectivity index (χ0v) is 18.4. The third-order valence-corrected chi connectivity index (χ3v) is 6.85. The lowest BCUT2D eigenvalue weighted by Gasteiger charge is -2.08. The van der Waals surface area contributed by atoms with E-state index in [-0.39, 0.29) is 11.4 Å². The molecule has 0 atom stereocenters. The molecule has 0 saturated heterocycles. The van der Waals surface area contributed by atoms with Crippen LogP contribution in [0.1, 0.15) is 5.56 Å². The van der Waals surface area contributed by atoms with E-state index in [1.165, 1.54) is 0 Å². The van der Waals surface area contributed by atoms with E-state index in [1.54, 1.807) is 36.7 Å². The third kappa shape index (κ3) is 3.51. The molecule has 0 radical (unpaired) electrons. The number of benzene rings is 2. The predicted octanol–water partition coefficient (Wildman–Crippen LogP) is 3.64. The molecule has 0 fully saturated rings. The number of nitrogens with zero attached hydrogens (tertiary/aromatic N) is 3. The maximum atomic E-state index is 12.5. The topological polar surface area (TPSA) is 105 Å². The van der Waals surface area contributed by atoms with Gasteiger partial charge in [0.05, 0.1) is 16.7 Å². The predicted molar refractivity (Wildman–Crippen MR) is 126 cm³/mol. The van der Waals surface area contributed by atoms with Gasteiger partial charge in [0, 0.05) is 31.7 Å². The highest BCUT2D eigenvalue weighted by Gasteiger charge is 2.16. The summed E-state index contributed by atoms with van der Waals surface area (Å²) in [6.07, 6.45) is 1.78. The minimum Gasteiger partial charge on any atom is -0.371 e. The Labute approximate surface area is 185 Å². The molecule has 0 bridgehead atoms. The molecule has 0 aliphatic heterocycles. The van der Waals surface area contributed by atoms with Gasteiger partial charge in [-0.15, -0.1) is 0 Å². The number of sulfonamides is 1. The quantitative estimate of drug-likeness (QED) is 0.369. The molecule has 0 unspecified atom stereocenters. The Morgan fingerprint density at radius 2 is 1.88 bits per heavy atom. The number of imidazole rings is 1. The molecule has 3 heterocycles. The molecule has 3 aromatic heterocycles. The Hall–Kier alpha value is -3.69. The van der Waals surface area contributed by atoms with E-state index in [4.69, 9.17) is 0 Å². The van der Waals surface area contributed by atoms with Crippen molar-refractivity contribution in [1.82, 2.24) is 24.2 Å². The highest BCUT2D eigenvalue weighted by molar-refractivity contribution is 7.89. The highest BCUT2D eigenvalue weighted by Crippen LogP contribution is 2.31. The molecule has 162 valence electrons. The standard InChI is InChI=1S/C23H22N6O2S/c1-24-23-20-21(29(2)14-25-20)18-12-19(27-22(18)28-23)16-8-6-7-15(11-16)13-26-32(30,31)17-9-4-3-5-10-17/h3-12,14,26H,13H2,1-2H3,(H2,24,27,28). The summed E-state index contributed by atoms with van der Waals surface area (Å²) in [5, 5.41) is 4.08. The van der Waals surface area contributed by atoms with Crippen molar-refractivity contribution in [3.63, 3.8) is 0 Å². The lowest BCUT2D eigenvalue weighted by Crippen LogP contribution is -2.23. The van der Waals surface area contributed by atoms with Crippen molar-refractivity contribution in [2.75, 3.05) is 12.4 Å². The van der Waals surface area contributed by atoms with Gasteiger partial charge in [-0.1, -0.05) is 36.4 Å². The van der Waals surface area contributed by atoms with Crippen LogP contribution in [-0.4, -0.2) is 35.0 Å². The second-order valence-corrected chi connectivity index (χ2v) is 9.31. The van der Waals surface area contributed by atoms with E-state index in [0.29, 0.717) is 5.82 Å². The number of H-pyrrole nitrogens is 1. The number of anilines is 1. The number of hydrogen-bond donors (Lipinski definition) is 3. The van der Waals surface area contributed by atoms with Crippen LogP contribution >= 0.6 is 0 Å². The van der Waals surface area contributed by atoms with Crippen LogP contribution in [0, 0.1) is 0 Å². The molecule has 5 aromatic rings. The molecule has 0 amide bonds. The highest BCUT2D eigenvalue weighted by atomic mass is 32.2. The third-order valence-electron chi connectivity index (χ3n) is 5.43. The van der Waals surface area contributed by atoms with Gasteiger partial charge in [-0.3, -0.25) is 0 Å². The van der Waals surface area contributed by atoms with E-state index in [9.17, 15) is 8.42 Å². The molecule has 3 N–H and O–H groups in total. The number of hydrogen-bond acceptors (Lipinski definition) is 5. The summed E-state index contributed by atoms with van der Waals surface area (Å²) in [6, 6.07) is 18.2. The second-order valence-electron chi connectivity index (χ2n) is 7.55. The zero-order chi connectivity index (χ0) is 22.3. The second kappa shape index (κ2) is 7.77. The SMILES string of the molecule is CNc1nc2[nH]c(-c3cccc(CNS(=O)(=O)c4ccccc4)c3)cc2c2c1ncn2C. The average molecular weight is 447 g/mol. The molecule has 8 nitrogen and oxygen atoms in total. The molecule has 0 aliphatic carbocycles. The van der Waals surface area contributed by atoms with Gasteiger partial charge >= 0.3 is 0 Å². The molecule has 32 heavy (non-hydrogen) atoms. The molecular formula is C23H22N6O2S. The number of pyridine rings is 1. The van der Waals surface area contributed by atoms with Crippen LogP contribution in [0.5, 0.6) is 0 Å². The van der Waals surface area contributed by atoms with Gasteiger partial charge in [-0.25, -0.2) is 23.1 Å². The van der Waals surface area contributed by atoms with E-state index in [1.807, 2.05) is 42.9 Å². The number of fused-ring (bicyclic) bond motifs is 3. The van der Waals surface area contributed by atoms with E-state index in [2.05, 4.69) is 31.1 Å². The van der Waals surface area contributed by atoms with Crippen molar-refractivity contribution in [2.24, 2.45) is 7.05 Å². The minimum atomic E-state index is -3.57. The van der Waals surface area contributed by atoms with Gasteiger partial charge in [-0.05, 0) is 35.4 Å². The smallest absolute Gasteiger partial charge is 0.240 e. The first kappa shape index (κ1) is 20.2. The van der Waals surface area contributed by atoms with Crippen LogP contribution in [0.2, 0.25) is 0 Å². The number of aromatic amines is 1. The largest absolute Gasteiger partial charge is 0.371 e. The van der Waals surface area contributed by atoms with Gasteiger partial charge in [0.25, 0.3) is 0 Å². The van der Waals surface area contributed by atoms with Crippen molar-refractivity contribution < 1.29 is 8.42 Å². The van der Waals surface area contributed by atoms with E-state index < -0.39 is 10.0 Å². The van der Waals surface area contributed by atoms with Crippen molar-refractivity contribution in [3.05, 3.63) is 72.6 Å². The van der Waals surface area contributed by atoms with E-state index in [0.717, 1.165) is 38.9 Å². The Morgan fingerprint density at radius 1 is 1.06 bits per heavy atom. The van der Waals surface area contributed by atoms with Crippen molar-refractivity contribution in [3.8, 4) is 11.3 Å². The number of rotatable bonds is 6. The lowest BCUT2D eigenvalue weighted by atomic mass is 10.1. The summed E-state index contributed by atoms with van der Waals surface area (Å²) >= 11 is 0. The number of aromatic nitrogens is 4. The molecular weight excluding hydrogens is 424 g/mol. The van der Waals surface area contributed by atoms with Crippen LogP contribution in [0.4, 0.5) is 5.82 Å². The van der Waals surface area contributed by atoms with Gasteiger partial charge in [0.15, 0.2) is 5.82 Å². The Bertz CT molecular complexity index is 1540. The van der Waals surface area contributed by atoms with Crippen molar-refractivity contribution in [2.45, 2.75) is 11.4 Å². The van der Waals surface area contributed by atoms with Crippen molar-refractivity contribution in [1.29, 1.82) is 0 Å². The summed E-state index contributed by atoms with van der Waals surface area (Å²) in [4.78, 5) is 12.8. The fourth-order valence-corrected chi connectivity index (χ4v) is 4.88. The molecule has 0 spiro atoms. The molecule has 2 aromatic carbocycles. The first-order chi connectivity index (χ1) is 15.5. The Balaban J connectivity index is 1.48. The van der Waals surface area contributed by atoms with Gasteiger partial charge in [0.2, 0.25) is 10.0 Å². The summed E-state index contributed by atoms with van der Waals surface area (Å²) in [5.41, 5.74) is 5.27. The van der Waals surface area contributed by atoms with Crippen LogP contribution < -0.4 is 10.0 Å². The summed E-state index contributed by atoms with van der Waals surface area (Å²) in [5.74, 6) is 0.713. The lowest BCUT2D eigenvalue weighted by molar-refractivity contribution is 0.581. The molecule has 5 rings (SSSR count). The van der Waals surface area contributed by atoms with Crippen molar-refractivity contribution >= 4 is 37.9 Å². The molecule has 0 saturated carbocycles. The fraction of sp³-hybridized carbons (Fsp3) is 0.130. The van der Waals surface area contributed by atoms with Gasteiger partial charge in [0.1, 0.15) is 11.2 Å². The zero-order valence-electron chi connectivity index (χ0n) is 17.6. The van der Waals surface area contributed by atoms with Gasteiger partial charge in [-0.2, -0.15) is 0 Å². The summed E-state index contributed by atoms with van der Waals surface area (Å²) in [6.45, 7) is 0.194. The van der Waals surface area contributed by atoms with Crippen LogP contribution in [0.3, 0.4) is 0 Å². The first-order valence-electron chi connectivity index (χ1n) is 10.1. The Kier molecular flexibility index (Phi) is 4.91. The summed E-state index contributed by atoms with van der Waals surface area (Å²) in [7, 11) is 0.213. The minimum absolute atomic E-state index is 0.194. The maximum Gasteiger partial charge on any atom is 0.240 e. The fourth-order valence-electron chi connectivity index (χ4n) is 3.84. The van der Waals surface area contributed by atoms with Crippen LogP contribution in [-0.2, 0) is 23.6 Å². The van der Waals surface area contributed by atoms with Crippen LogP contribution in [0.15, 0.2) is 71.9 Å². The maximum absolute atomic E-state index is 12.5. The number of aryl methyl sites for hydroxylation is 1. The molecule has 0 aliphatic rings. The molecule has 9 heteroatoms. The summed E-state index contributed by atoms with van der Waals surface area (Å²) < 4.78 is 29.7. The normalized spacial score (nSPS) is 11.9. The average Bonchev–Trinajstić information content (AvgIpc) is 3.41. The monoisotopic (exact) mass is 446 g/mol. The first-order valence-corrected chi connectivity index (χ1v) is 11.6. The van der Waals surface area contributed by atoms with Gasteiger partial charge < -0.3 is 14.9 Å². The van der Waals surface area contributed by atoms with E-state index >= 15 is 0 Å².